The van der Waals surface area contributed by atoms with Crippen molar-refractivity contribution >= 4 is 17.0 Å². The third-order valence-electron chi connectivity index (χ3n) is 8.09. The van der Waals surface area contributed by atoms with Gasteiger partial charge < -0.3 is 19.1 Å². The molecule has 0 amide bonds. The summed E-state index contributed by atoms with van der Waals surface area (Å²) in [5.74, 6) is -3.93. The second-order valence-corrected chi connectivity index (χ2v) is 11.7. The Hall–Kier alpha value is -5.28. The number of aromatic carboxylic acids is 1. The number of rotatable bonds is 8. The van der Waals surface area contributed by atoms with Crippen molar-refractivity contribution in [2.45, 2.75) is 32.9 Å². The molecule has 0 saturated carbocycles. The summed E-state index contributed by atoms with van der Waals surface area (Å²) in [6.07, 6.45) is -0.0873. The van der Waals surface area contributed by atoms with Crippen LogP contribution in [0.25, 0.3) is 22.3 Å². The number of ether oxygens (including phenoxy) is 2. The summed E-state index contributed by atoms with van der Waals surface area (Å²) in [4.78, 5) is 20.6. The highest BCUT2D eigenvalue weighted by Crippen LogP contribution is 2.40. The van der Waals surface area contributed by atoms with Crippen molar-refractivity contribution in [3.8, 4) is 23.2 Å². The van der Waals surface area contributed by atoms with Crippen LogP contribution in [0.5, 0.6) is 5.88 Å². The molecule has 1 aliphatic rings. The molecule has 1 saturated heterocycles. The number of nitrogens with zero attached hydrogens (tertiary/aromatic N) is 4. The predicted molar refractivity (Wildman–Crippen MR) is 158 cm³/mol. The topological polar surface area (TPSA) is 110 Å². The quantitative estimate of drug-likeness (QED) is 0.184. The first-order valence-electron chi connectivity index (χ1n) is 14.2. The Kier molecular flexibility index (Phi) is 7.96. The molecule has 1 N–H and O–H groups in total. The van der Waals surface area contributed by atoms with Gasteiger partial charge in [0.15, 0.2) is 0 Å². The highest BCUT2D eigenvalue weighted by atomic mass is 19.1. The van der Waals surface area contributed by atoms with Gasteiger partial charge in [0.05, 0.1) is 47.1 Å². The van der Waals surface area contributed by atoms with E-state index in [0.29, 0.717) is 30.1 Å². The van der Waals surface area contributed by atoms with Crippen LogP contribution in [0.1, 0.15) is 52.8 Å². The van der Waals surface area contributed by atoms with Crippen LogP contribution in [0, 0.1) is 40.0 Å². The fraction of sp³-hybridized carbons (Fsp3) is 0.235. The molecule has 3 aromatic carbocycles. The van der Waals surface area contributed by atoms with Gasteiger partial charge in [-0.05, 0) is 54.1 Å². The number of carbonyl (C=O) groups is 1. The zero-order valence-corrected chi connectivity index (χ0v) is 24.7. The van der Waals surface area contributed by atoms with E-state index in [9.17, 15) is 18.7 Å². The van der Waals surface area contributed by atoms with Gasteiger partial charge >= 0.3 is 5.97 Å². The Balaban J connectivity index is 1.30. The second kappa shape index (κ2) is 11.9. The maximum Gasteiger partial charge on any atom is 0.335 e. The molecule has 5 aromatic rings. The summed E-state index contributed by atoms with van der Waals surface area (Å²) >= 11 is 0. The minimum atomic E-state index is -1.10. The number of aromatic nitrogens is 3. The molecule has 1 fully saturated rings. The largest absolute Gasteiger partial charge is 0.478 e. The van der Waals surface area contributed by atoms with E-state index in [4.69, 9.17) is 14.7 Å². The van der Waals surface area contributed by atoms with Gasteiger partial charge in [-0.3, -0.25) is 0 Å². The van der Waals surface area contributed by atoms with E-state index in [0.717, 1.165) is 24.3 Å². The number of benzene rings is 3. The Labute approximate surface area is 260 Å². The van der Waals surface area contributed by atoms with Crippen molar-refractivity contribution in [2.24, 2.45) is 5.41 Å². The van der Waals surface area contributed by atoms with E-state index in [2.05, 4.69) is 9.97 Å². The molecule has 0 unspecified atom stereocenters. The number of pyridine rings is 1. The average Bonchev–Trinajstić information content (AvgIpc) is 3.55. The molecule has 1 atom stereocenters. The number of imidazole rings is 1. The first-order chi connectivity index (χ1) is 21.9. The van der Waals surface area contributed by atoms with Gasteiger partial charge in [-0.2, -0.15) is 5.26 Å². The van der Waals surface area contributed by atoms with Crippen molar-refractivity contribution in [1.29, 1.82) is 5.26 Å². The van der Waals surface area contributed by atoms with Crippen LogP contribution in [-0.4, -0.2) is 38.8 Å². The lowest BCUT2D eigenvalue weighted by atomic mass is 9.87. The average molecular weight is 631 g/mol. The number of hydrogen-bond acceptors (Lipinski definition) is 6. The summed E-state index contributed by atoms with van der Waals surface area (Å²) in [5, 5.41) is 18.4. The van der Waals surface area contributed by atoms with Crippen LogP contribution >= 0.6 is 0 Å². The normalized spacial score (nSPS) is 15.6. The summed E-state index contributed by atoms with van der Waals surface area (Å²) in [5.41, 5.74) is 0.146. The van der Waals surface area contributed by atoms with Crippen molar-refractivity contribution < 1.29 is 36.9 Å². The molecule has 1 aliphatic heterocycles. The number of hydrogen-bond donors (Lipinski definition) is 1. The fourth-order valence-electron chi connectivity index (χ4n) is 5.60. The van der Waals surface area contributed by atoms with Crippen molar-refractivity contribution in [3.63, 3.8) is 0 Å². The second-order valence-electron chi connectivity index (χ2n) is 11.7. The molecule has 3 heterocycles. The predicted octanol–water partition coefficient (Wildman–Crippen LogP) is 6.99. The van der Waals surface area contributed by atoms with Crippen LogP contribution in [0.3, 0.4) is 0 Å². The third-order valence-corrected chi connectivity index (χ3v) is 8.09. The number of fused-ring (bicyclic) bond motifs is 1. The molecule has 0 radical (unpaired) electrons. The maximum absolute atomic E-state index is 15.6. The van der Waals surface area contributed by atoms with Gasteiger partial charge in [-0.1, -0.05) is 19.9 Å². The number of nitriles is 1. The third kappa shape index (κ3) is 5.77. The summed E-state index contributed by atoms with van der Waals surface area (Å²) in [7, 11) is 0. The van der Waals surface area contributed by atoms with Crippen LogP contribution in [0.2, 0.25) is 0 Å². The minimum Gasteiger partial charge on any atom is -0.478 e. The van der Waals surface area contributed by atoms with Gasteiger partial charge in [0.2, 0.25) is 5.88 Å². The van der Waals surface area contributed by atoms with Gasteiger partial charge in [-0.25, -0.2) is 32.3 Å². The van der Waals surface area contributed by atoms with Gasteiger partial charge in [0.25, 0.3) is 0 Å². The monoisotopic (exact) mass is 630 g/mol. The maximum atomic E-state index is 15.6. The van der Waals surface area contributed by atoms with E-state index < -0.39 is 41.4 Å². The lowest BCUT2D eigenvalue weighted by Crippen LogP contribution is -2.27. The fourth-order valence-corrected chi connectivity index (χ4v) is 5.60. The molecule has 46 heavy (non-hydrogen) atoms. The van der Waals surface area contributed by atoms with Crippen LogP contribution in [-0.2, 0) is 17.8 Å². The minimum absolute atomic E-state index is 0.0266. The molecule has 6 rings (SSSR count). The van der Waals surface area contributed by atoms with Crippen LogP contribution in [0.15, 0.2) is 60.7 Å². The van der Waals surface area contributed by atoms with E-state index in [-0.39, 0.29) is 51.7 Å². The molecule has 12 heteroatoms. The summed E-state index contributed by atoms with van der Waals surface area (Å²) < 4.78 is 72.5. The van der Waals surface area contributed by atoms with E-state index in [1.165, 1.54) is 30.3 Å². The SMILES string of the molecule is CC1(C)COC[C@H]1n1c(Cc2cc(F)c(-c3cccc(OCc4cc(F)c(C#N)cc4F)n3)cc2F)nc2ccc(C(=O)O)cc21. The van der Waals surface area contributed by atoms with Gasteiger partial charge in [0, 0.05) is 29.0 Å². The lowest BCUT2D eigenvalue weighted by Gasteiger charge is -2.28. The standard InChI is InChI=1S/C34H26F4N4O4/c1-34(2)17-45-16-30(34)42-29-11-18(33(43)44)6-7-28(29)40-31(42)12-19-8-26(38)22(13-25(19)37)27-4-3-5-32(41-27)46-15-21-10-23(35)20(14-39)9-24(21)36/h3-11,13,30H,12,15-17H2,1-2H3,(H,43,44)/t30-/m1/s1. The zero-order valence-electron chi connectivity index (χ0n) is 24.7. The smallest absolute Gasteiger partial charge is 0.335 e. The van der Waals surface area contributed by atoms with Crippen molar-refractivity contribution in [3.05, 3.63) is 112 Å². The Morgan fingerprint density at radius 3 is 2.50 bits per heavy atom. The van der Waals surface area contributed by atoms with Crippen molar-refractivity contribution in [1.82, 2.24) is 14.5 Å². The molecule has 2 aromatic heterocycles. The Bertz CT molecular complexity index is 2050. The van der Waals surface area contributed by atoms with Gasteiger partial charge in [0.1, 0.15) is 41.8 Å². The molecule has 8 nitrogen and oxygen atoms in total. The Morgan fingerprint density at radius 1 is 1.02 bits per heavy atom. The molecular weight excluding hydrogens is 604 g/mol. The molecule has 0 bridgehead atoms. The number of carboxylic acids is 1. The lowest BCUT2D eigenvalue weighted by molar-refractivity contribution is 0.0697. The van der Waals surface area contributed by atoms with E-state index in [1.54, 1.807) is 12.1 Å². The number of carboxylic acid groups (broad SMARTS) is 1. The van der Waals surface area contributed by atoms with Crippen LogP contribution in [0.4, 0.5) is 17.6 Å². The van der Waals surface area contributed by atoms with E-state index in [1.807, 2.05) is 18.4 Å². The van der Waals surface area contributed by atoms with Crippen LogP contribution < -0.4 is 4.74 Å². The zero-order chi connectivity index (χ0) is 32.7. The van der Waals surface area contributed by atoms with E-state index >= 15 is 8.78 Å². The molecule has 0 aliphatic carbocycles. The highest BCUT2D eigenvalue weighted by molar-refractivity contribution is 5.92. The number of halogens is 4. The molecule has 234 valence electrons. The summed E-state index contributed by atoms with van der Waals surface area (Å²) in [6, 6.07) is 14.0. The highest BCUT2D eigenvalue weighted by Gasteiger charge is 2.39. The molecule has 0 spiro atoms. The molecular formula is C34H26F4N4O4. The first-order valence-corrected chi connectivity index (χ1v) is 14.2. The van der Waals surface area contributed by atoms with Crippen molar-refractivity contribution in [2.75, 3.05) is 13.2 Å². The first kappa shape index (κ1) is 30.7. The summed E-state index contributed by atoms with van der Waals surface area (Å²) in [6.45, 7) is 4.41. The van der Waals surface area contributed by atoms with Gasteiger partial charge in [-0.15, -0.1) is 0 Å². The Morgan fingerprint density at radius 2 is 1.78 bits per heavy atom.